The van der Waals surface area contributed by atoms with Crippen molar-refractivity contribution in [2.45, 2.75) is 18.0 Å². The minimum atomic E-state index is -1.20. The lowest BCUT2D eigenvalue weighted by Crippen LogP contribution is -2.56. The smallest absolute Gasteiger partial charge is 0.326 e. The van der Waals surface area contributed by atoms with Gasteiger partial charge >= 0.3 is 5.97 Å². The quantitative estimate of drug-likeness (QED) is 0.564. The van der Waals surface area contributed by atoms with E-state index in [-0.39, 0.29) is 11.8 Å². The Balaban J connectivity index is 2.08. The van der Waals surface area contributed by atoms with Crippen LogP contribution in [0.25, 0.3) is 0 Å². The molecule has 2 amide bonds. The number of esters is 1. The van der Waals surface area contributed by atoms with Gasteiger partial charge < -0.3 is 9.64 Å². The van der Waals surface area contributed by atoms with E-state index in [1.807, 2.05) is 49.5 Å². The van der Waals surface area contributed by atoms with Crippen molar-refractivity contribution in [2.24, 2.45) is 11.8 Å². The van der Waals surface area contributed by atoms with Crippen LogP contribution in [-0.2, 0) is 19.1 Å². The zero-order valence-corrected chi connectivity index (χ0v) is 17.7. The average molecular weight is 406 g/mol. The molecule has 2 fully saturated rings. The maximum absolute atomic E-state index is 13.0. The molecule has 2 saturated heterocycles. The average Bonchev–Trinajstić information content (AvgIpc) is 3.16. The van der Waals surface area contributed by atoms with E-state index >= 15 is 0 Å². The van der Waals surface area contributed by atoms with E-state index in [0.29, 0.717) is 12.2 Å². The minimum absolute atomic E-state index is 0.251. The molecule has 1 aromatic carbocycles. The Kier molecular flexibility index (Phi) is 5.72. The van der Waals surface area contributed by atoms with Crippen LogP contribution in [0.3, 0.4) is 0 Å². The number of nitrogens with zero attached hydrogens (tertiary/aromatic N) is 2. The van der Waals surface area contributed by atoms with E-state index < -0.39 is 29.4 Å². The van der Waals surface area contributed by atoms with Crippen molar-refractivity contribution in [1.29, 1.82) is 0 Å². The van der Waals surface area contributed by atoms with Gasteiger partial charge in [-0.2, -0.15) is 11.8 Å². The third-order valence-corrected chi connectivity index (χ3v) is 6.51. The number of ether oxygens (including phenoxy) is 1. The van der Waals surface area contributed by atoms with Crippen LogP contribution in [-0.4, -0.2) is 68.5 Å². The standard InChI is InChI=1S/C20H27N3O4S/c1-22(2)13-8-6-12(7-9-13)16-14-15(18(25)23(3)17(14)24)20(21-16,10-11-28-5)19(26)27-4/h6-9,14-16,21H,10-11H2,1-5H3/t14-,15-,16-,20+/m0/s1. The van der Waals surface area contributed by atoms with Gasteiger partial charge in [-0.3, -0.25) is 24.6 Å². The third-order valence-electron chi connectivity index (χ3n) is 5.89. The molecule has 0 aliphatic carbocycles. The number of rotatable bonds is 6. The second-order valence-electron chi connectivity index (χ2n) is 7.55. The fourth-order valence-corrected chi connectivity index (χ4v) is 4.90. The summed E-state index contributed by atoms with van der Waals surface area (Å²) in [6.45, 7) is 0. The van der Waals surface area contributed by atoms with Crippen LogP contribution in [0, 0.1) is 11.8 Å². The summed E-state index contributed by atoms with van der Waals surface area (Å²) in [5.74, 6) is -1.77. The van der Waals surface area contributed by atoms with Crippen molar-refractivity contribution >= 4 is 35.2 Å². The van der Waals surface area contributed by atoms with Crippen LogP contribution >= 0.6 is 11.8 Å². The van der Waals surface area contributed by atoms with E-state index in [0.717, 1.165) is 16.2 Å². The molecule has 0 unspecified atom stereocenters. The maximum Gasteiger partial charge on any atom is 0.326 e. The largest absolute Gasteiger partial charge is 0.468 e. The molecule has 1 N–H and O–H groups in total. The molecule has 28 heavy (non-hydrogen) atoms. The van der Waals surface area contributed by atoms with Gasteiger partial charge in [0.1, 0.15) is 5.54 Å². The summed E-state index contributed by atoms with van der Waals surface area (Å²) in [4.78, 5) is 41.9. The molecule has 2 aliphatic rings. The molecule has 4 atom stereocenters. The first-order valence-corrected chi connectivity index (χ1v) is 10.6. The zero-order chi connectivity index (χ0) is 20.6. The number of imide groups is 1. The lowest BCUT2D eigenvalue weighted by atomic mass is 9.78. The van der Waals surface area contributed by atoms with Crippen LogP contribution in [0.15, 0.2) is 24.3 Å². The molecule has 0 bridgehead atoms. The first kappa shape index (κ1) is 20.7. The molecule has 2 heterocycles. The van der Waals surface area contributed by atoms with E-state index in [2.05, 4.69) is 5.32 Å². The van der Waals surface area contributed by atoms with Gasteiger partial charge in [0.2, 0.25) is 11.8 Å². The highest BCUT2D eigenvalue weighted by atomic mass is 32.2. The number of benzene rings is 1. The normalized spacial score (nSPS) is 29.2. The maximum atomic E-state index is 13.0. The molecule has 152 valence electrons. The fraction of sp³-hybridized carbons (Fsp3) is 0.550. The van der Waals surface area contributed by atoms with E-state index in [1.54, 1.807) is 11.8 Å². The Morgan fingerprint density at radius 1 is 1.25 bits per heavy atom. The number of methoxy groups -OCH3 is 1. The summed E-state index contributed by atoms with van der Waals surface area (Å²) in [6, 6.07) is 7.40. The number of anilines is 1. The van der Waals surface area contributed by atoms with Crippen LogP contribution in [0.5, 0.6) is 0 Å². The summed E-state index contributed by atoms with van der Waals surface area (Å²) in [5, 5.41) is 3.37. The van der Waals surface area contributed by atoms with Crippen molar-refractivity contribution in [1.82, 2.24) is 10.2 Å². The number of thioether (sulfide) groups is 1. The Morgan fingerprint density at radius 3 is 2.43 bits per heavy atom. The van der Waals surface area contributed by atoms with Crippen molar-refractivity contribution in [2.75, 3.05) is 45.2 Å². The molecule has 0 aromatic heterocycles. The highest BCUT2D eigenvalue weighted by Gasteiger charge is 2.67. The van der Waals surface area contributed by atoms with Crippen molar-refractivity contribution in [3.8, 4) is 0 Å². The van der Waals surface area contributed by atoms with Crippen molar-refractivity contribution < 1.29 is 19.1 Å². The summed E-state index contributed by atoms with van der Waals surface area (Å²) in [5.41, 5.74) is 0.711. The molecular weight excluding hydrogens is 378 g/mol. The molecule has 0 saturated carbocycles. The van der Waals surface area contributed by atoms with Gasteiger partial charge in [-0.1, -0.05) is 12.1 Å². The summed E-state index contributed by atoms with van der Waals surface area (Å²) in [7, 11) is 6.73. The first-order valence-electron chi connectivity index (χ1n) is 9.22. The molecule has 3 rings (SSSR count). The fourth-order valence-electron chi connectivity index (χ4n) is 4.38. The van der Waals surface area contributed by atoms with Crippen molar-refractivity contribution in [3.05, 3.63) is 29.8 Å². The second-order valence-corrected chi connectivity index (χ2v) is 8.54. The van der Waals surface area contributed by atoms with E-state index in [4.69, 9.17) is 4.74 Å². The second kappa shape index (κ2) is 7.75. The summed E-state index contributed by atoms with van der Waals surface area (Å²) in [6.07, 6.45) is 2.36. The molecule has 1 aromatic rings. The SMILES string of the molecule is COC(=O)[C@]1(CCSC)N[C@@H](c2ccc(N(C)C)cc2)[C@H]2C(=O)N(C)C(=O)[C@H]21. The molecule has 2 aliphatic heterocycles. The zero-order valence-electron chi connectivity index (χ0n) is 16.9. The first-order chi connectivity index (χ1) is 13.3. The Hall–Kier alpha value is -2.06. The predicted molar refractivity (Wildman–Crippen MR) is 109 cm³/mol. The summed E-state index contributed by atoms with van der Waals surface area (Å²) < 4.78 is 5.10. The van der Waals surface area contributed by atoms with Crippen LogP contribution < -0.4 is 10.2 Å². The van der Waals surface area contributed by atoms with Gasteiger partial charge in [0, 0.05) is 32.9 Å². The number of hydrogen-bond donors (Lipinski definition) is 1. The molecular formula is C20H27N3O4S. The lowest BCUT2D eigenvalue weighted by Gasteiger charge is -2.32. The van der Waals surface area contributed by atoms with Gasteiger partial charge in [0.15, 0.2) is 0 Å². The topological polar surface area (TPSA) is 79.0 Å². The van der Waals surface area contributed by atoms with E-state index in [1.165, 1.54) is 14.2 Å². The summed E-state index contributed by atoms with van der Waals surface area (Å²) >= 11 is 1.59. The molecule has 7 nitrogen and oxygen atoms in total. The number of nitrogens with one attached hydrogen (secondary N) is 1. The Morgan fingerprint density at radius 2 is 1.89 bits per heavy atom. The monoisotopic (exact) mass is 405 g/mol. The van der Waals surface area contributed by atoms with E-state index in [9.17, 15) is 14.4 Å². The molecule has 0 spiro atoms. The molecule has 0 radical (unpaired) electrons. The Bertz CT molecular complexity index is 782. The number of likely N-dealkylation sites (tertiary alicyclic amines) is 1. The highest BCUT2D eigenvalue weighted by molar-refractivity contribution is 7.98. The number of carbonyl (C=O) groups is 3. The number of carbonyl (C=O) groups excluding carboxylic acids is 3. The third kappa shape index (κ3) is 3.08. The number of hydrogen-bond acceptors (Lipinski definition) is 7. The van der Waals surface area contributed by atoms with Gasteiger partial charge in [-0.05, 0) is 36.1 Å². The van der Waals surface area contributed by atoms with Gasteiger partial charge in [-0.25, -0.2) is 0 Å². The predicted octanol–water partition coefficient (Wildman–Crippen LogP) is 1.29. The van der Waals surface area contributed by atoms with Crippen molar-refractivity contribution in [3.63, 3.8) is 0 Å². The van der Waals surface area contributed by atoms with Gasteiger partial charge in [-0.15, -0.1) is 0 Å². The van der Waals surface area contributed by atoms with Crippen LogP contribution in [0.4, 0.5) is 5.69 Å². The van der Waals surface area contributed by atoms with Crippen LogP contribution in [0.2, 0.25) is 0 Å². The Labute approximate surface area is 169 Å². The van der Waals surface area contributed by atoms with Gasteiger partial charge in [0.05, 0.1) is 18.9 Å². The lowest BCUT2D eigenvalue weighted by molar-refractivity contribution is -0.154. The molecule has 8 heteroatoms. The van der Waals surface area contributed by atoms with Gasteiger partial charge in [0.25, 0.3) is 0 Å². The number of amides is 2. The highest BCUT2D eigenvalue weighted by Crippen LogP contribution is 2.50. The van der Waals surface area contributed by atoms with Crippen LogP contribution in [0.1, 0.15) is 18.0 Å². The number of fused-ring (bicyclic) bond motifs is 1. The minimum Gasteiger partial charge on any atom is -0.468 e.